The molecule has 0 saturated carbocycles. The Morgan fingerprint density at radius 3 is 2.83 bits per heavy atom. The van der Waals surface area contributed by atoms with Crippen molar-refractivity contribution in [3.05, 3.63) is 15.9 Å². The number of aryl methyl sites for hydroxylation is 2. The van der Waals surface area contributed by atoms with Crippen molar-refractivity contribution in [2.24, 2.45) is 0 Å². The van der Waals surface area contributed by atoms with Crippen LogP contribution in [0, 0.1) is 6.92 Å². The van der Waals surface area contributed by atoms with Gasteiger partial charge in [-0.3, -0.25) is 9.58 Å². The van der Waals surface area contributed by atoms with Gasteiger partial charge in [-0.1, -0.05) is 0 Å². The van der Waals surface area contributed by atoms with Gasteiger partial charge in [-0.25, -0.2) is 0 Å². The first kappa shape index (κ1) is 14.0. The number of rotatable bonds is 3. The number of nitrogens with one attached hydrogen (secondary N) is 1. The Labute approximate surface area is 118 Å². The number of hydrogen-bond acceptors (Lipinski definition) is 3. The lowest BCUT2D eigenvalue weighted by Crippen LogP contribution is -2.53. The molecule has 1 N–H and O–H groups in total. The summed E-state index contributed by atoms with van der Waals surface area (Å²) in [6.45, 7) is 12.8. The maximum atomic E-state index is 4.57. The molecule has 1 saturated heterocycles. The van der Waals surface area contributed by atoms with Gasteiger partial charge in [-0.05, 0) is 43.6 Å². The number of nitrogens with zero attached hydrogens (tertiary/aromatic N) is 3. The molecule has 2 atom stereocenters. The van der Waals surface area contributed by atoms with E-state index in [0.717, 1.165) is 31.9 Å². The Bertz CT molecular complexity index is 415. The van der Waals surface area contributed by atoms with Crippen molar-refractivity contribution in [2.45, 2.75) is 52.9 Å². The normalized spacial score (nSPS) is 25.6. The molecule has 18 heavy (non-hydrogen) atoms. The number of hydrogen-bond donors (Lipinski definition) is 1. The van der Waals surface area contributed by atoms with Crippen LogP contribution in [0.25, 0.3) is 0 Å². The third kappa shape index (κ3) is 2.78. The maximum Gasteiger partial charge on any atom is 0.0739 e. The average Bonchev–Trinajstić information content (AvgIpc) is 2.61. The molecule has 1 aromatic heterocycles. The lowest BCUT2D eigenvalue weighted by molar-refractivity contribution is 0.135. The first-order valence-electron chi connectivity index (χ1n) is 6.72. The van der Waals surface area contributed by atoms with Gasteiger partial charge in [0.2, 0.25) is 0 Å². The van der Waals surface area contributed by atoms with Crippen LogP contribution in [-0.4, -0.2) is 39.9 Å². The molecule has 1 aromatic rings. The zero-order valence-corrected chi connectivity index (χ0v) is 13.3. The Kier molecular flexibility index (Phi) is 4.45. The molecule has 1 aliphatic rings. The van der Waals surface area contributed by atoms with Crippen LogP contribution >= 0.6 is 15.9 Å². The topological polar surface area (TPSA) is 33.1 Å². The van der Waals surface area contributed by atoms with E-state index in [4.69, 9.17) is 0 Å². The van der Waals surface area contributed by atoms with Crippen molar-refractivity contribution >= 4 is 15.9 Å². The molecular weight excluding hydrogens is 292 g/mol. The largest absolute Gasteiger partial charge is 0.311 e. The molecule has 2 rings (SSSR count). The van der Waals surface area contributed by atoms with Gasteiger partial charge in [0.1, 0.15) is 0 Å². The molecule has 0 aliphatic carbocycles. The molecule has 4 nitrogen and oxygen atoms in total. The fourth-order valence-corrected chi connectivity index (χ4v) is 2.94. The van der Waals surface area contributed by atoms with Crippen LogP contribution < -0.4 is 5.32 Å². The average molecular weight is 315 g/mol. The van der Waals surface area contributed by atoms with Gasteiger partial charge in [0.15, 0.2) is 0 Å². The van der Waals surface area contributed by atoms with Crippen molar-refractivity contribution in [2.75, 3.05) is 13.1 Å². The minimum Gasteiger partial charge on any atom is -0.311 e. The zero-order valence-electron chi connectivity index (χ0n) is 11.7. The van der Waals surface area contributed by atoms with Crippen LogP contribution in [0.3, 0.4) is 0 Å². The van der Waals surface area contributed by atoms with E-state index in [1.165, 1.54) is 10.2 Å². The predicted octanol–water partition coefficient (Wildman–Crippen LogP) is 2.16. The summed E-state index contributed by atoms with van der Waals surface area (Å²) in [7, 11) is 0. The summed E-state index contributed by atoms with van der Waals surface area (Å²) in [4.78, 5) is 2.54. The Morgan fingerprint density at radius 2 is 2.17 bits per heavy atom. The third-order valence-electron chi connectivity index (χ3n) is 3.70. The number of aromatic nitrogens is 2. The highest BCUT2D eigenvalue weighted by Crippen LogP contribution is 2.23. The third-order valence-corrected chi connectivity index (χ3v) is 4.73. The van der Waals surface area contributed by atoms with Gasteiger partial charge in [0, 0.05) is 38.3 Å². The van der Waals surface area contributed by atoms with Gasteiger partial charge in [0.25, 0.3) is 0 Å². The van der Waals surface area contributed by atoms with Crippen LogP contribution in [-0.2, 0) is 13.1 Å². The standard InChI is InChI=1S/C13H23BrN4/c1-5-18-12(13(14)11(4)16-18)8-17-7-9(2)15-6-10(17)3/h9-10,15H,5-8H2,1-4H3. The summed E-state index contributed by atoms with van der Waals surface area (Å²) < 4.78 is 3.28. The van der Waals surface area contributed by atoms with E-state index >= 15 is 0 Å². The molecular formula is C13H23BrN4. The van der Waals surface area contributed by atoms with Crippen molar-refractivity contribution in [3.63, 3.8) is 0 Å². The highest BCUT2D eigenvalue weighted by atomic mass is 79.9. The van der Waals surface area contributed by atoms with E-state index in [1.807, 2.05) is 0 Å². The minimum absolute atomic E-state index is 0.569. The van der Waals surface area contributed by atoms with Crippen molar-refractivity contribution in [1.29, 1.82) is 0 Å². The number of halogens is 1. The van der Waals surface area contributed by atoms with Gasteiger partial charge in [-0.2, -0.15) is 5.10 Å². The monoisotopic (exact) mass is 314 g/mol. The molecule has 0 aromatic carbocycles. The quantitative estimate of drug-likeness (QED) is 0.928. The van der Waals surface area contributed by atoms with Crippen LogP contribution in [0.5, 0.6) is 0 Å². The molecule has 0 bridgehead atoms. The van der Waals surface area contributed by atoms with E-state index in [2.05, 4.69) is 63.6 Å². The Hall–Kier alpha value is -0.390. The van der Waals surface area contributed by atoms with E-state index < -0.39 is 0 Å². The fourth-order valence-electron chi connectivity index (χ4n) is 2.53. The second-order valence-electron chi connectivity index (χ2n) is 5.25. The second-order valence-corrected chi connectivity index (χ2v) is 6.04. The second kappa shape index (κ2) is 5.72. The highest BCUT2D eigenvalue weighted by Gasteiger charge is 2.24. The molecule has 0 spiro atoms. The highest BCUT2D eigenvalue weighted by molar-refractivity contribution is 9.10. The van der Waals surface area contributed by atoms with E-state index in [-0.39, 0.29) is 0 Å². The molecule has 5 heteroatoms. The van der Waals surface area contributed by atoms with Crippen molar-refractivity contribution in [1.82, 2.24) is 20.0 Å². The van der Waals surface area contributed by atoms with Crippen LogP contribution in [0.15, 0.2) is 4.47 Å². The summed E-state index contributed by atoms with van der Waals surface area (Å²) in [5.41, 5.74) is 2.39. The van der Waals surface area contributed by atoms with Gasteiger partial charge in [0.05, 0.1) is 15.9 Å². The molecule has 0 radical (unpaired) electrons. The van der Waals surface area contributed by atoms with E-state index in [9.17, 15) is 0 Å². The Balaban J connectivity index is 2.17. The summed E-state index contributed by atoms with van der Waals surface area (Å²) >= 11 is 3.68. The van der Waals surface area contributed by atoms with Gasteiger partial charge < -0.3 is 5.32 Å². The molecule has 0 amide bonds. The van der Waals surface area contributed by atoms with Crippen molar-refractivity contribution < 1.29 is 0 Å². The lowest BCUT2D eigenvalue weighted by atomic mass is 10.1. The summed E-state index contributed by atoms with van der Waals surface area (Å²) in [6.07, 6.45) is 0. The van der Waals surface area contributed by atoms with Crippen molar-refractivity contribution in [3.8, 4) is 0 Å². The van der Waals surface area contributed by atoms with E-state index in [0.29, 0.717) is 12.1 Å². The first-order valence-corrected chi connectivity index (χ1v) is 7.51. The smallest absolute Gasteiger partial charge is 0.0739 e. The molecule has 2 unspecified atom stereocenters. The van der Waals surface area contributed by atoms with Crippen LogP contribution in [0.4, 0.5) is 0 Å². The zero-order chi connectivity index (χ0) is 13.3. The van der Waals surface area contributed by atoms with Gasteiger partial charge in [-0.15, -0.1) is 0 Å². The number of piperazine rings is 1. The molecule has 1 fully saturated rings. The molecule has 1 aliphatic heterocycles. The van der Waals surface area contributed by atoms with Gasteiger partial charge >= 0.3 is 0 Å². The SMILES string of the molecule is CCn1nc(C)c(Br)c1CN1CC(C)NCC1C. The molecule has 102 valence electrons. The Morgan fingerprint density at radius 1 is 1.44 bits per heavy atom. The fraction of sp³-hybridized carbons (Fsp3) is 0.769. The predicted molar refractivity (Wildman–Crippen MR) is 77.7 cm³/mol. The molecule has 2 heterocycles. The minimum atomic E-state index is 0.569. The maximum absolute atomic E-state index is 4.57. The first-order chi connectivity index (χ1) is 8.52. The lowest BCUT2D eigenvalue weighted by Gasteiger charge is -2.37. The van der Waals surface area contributed by atoms with Crippen LogP contribution in [0.2, 0.25) is 0 Å². The van der Waals surface area contributed by atoms with E-state index in [1.54, 1.807) is 0 Å². The summed E-state index contributed by atoms with van der Waals surface area (Å²) in [5, 5.41) is 8.09. The summed E-state index contributed by atoms with van der Waals surface area (Å²) in [6, 6.07) is 1.15. The van der Waals surface area contributed by atoms with Crippen LogP contribution in [0.1, 0.15) is 32.2 Å². The summed E-state index contributed by atoms with van der Waals surface area (Å²) in [5.74, 6) is 0.